The predicted octanol–water partition coefficient (Wildman–Crippen LogP) is 5.38. The molecule has 8 nitrogen and oxygen atoms in total. The Labute approximate surface area is 305 Å². The first-order chi connectivity index (χ1) is 18.9. The first kappa shape index (κ1) is 52.9. The maximum atomic E-state index is 11.4. The summed E-state index contributed by atoms with van der Waals surface area (Å²) in [7, 11) is 3.38. The van der Waals surface area contributed by atoms with E-state index in [0.29, 0.717) is 0 Å². The Morgan fingerprint density at radius 3 is 0.622 bits per heavy atom. The maximum absolute atomic E-state index is 11.4. The zero-order valence-electron chi connectivity index (χ0n) is 31.9. The monoisotopic (exact) mass is 788 g/mol. The molecule has 0 bridgehead atoms. The number of amides is 1. The number of ketones is 3. The van der Waals surface area contributed by atoms with Crippen molar-refractivity contribution in [2.24, 2.45) is 32.5 Å². The van der Waals surface area contributed by atoms with Crippen molar-refractivity contribution in [1.29, 1.82) is 0 Å². The van der Waals surface area contributed by atoms with Gasteiger partial charge in [-0.3, -0.25) is 19.2 Å². The molecule has 1 amide bonds. The van der Waals surface area contributed by atoms with Gasteiger partial charge in [0.05, 0.1) is 0 Å². The normalized spacial score (nSPS) is 13.3. The van der Waals surface area contributed by atoms with E-state index in [2.05, 4.69) is 0 Å². The number of carbonyl (C=O) groups is 4. The second kappa shape index (κ2) is 20.6. The summed E-state index contributed by atoms with van der Waals surface area (Å²) in [5.74, 6) is -0.625. The van der Waals surface area contributed by atoms with E-state index in [1.807, 2.05) is 125 Å². The fourth-order valence-electron chi connectivity index (χ4n) is 1.66. The molecule has 0 rings (SSSR count). The van der Waals surface area contributed by atoms with Crippen molar-refractivity contribution in [1.82, 2.24) is 4.90 Å². The first-order valence-electron chi connectivity index (χ1n) is 14.8. The van der Waals surface area contributed by atoms with Gasteiger partial charge in [0.1, 0.15) is 0 Å². The van der Waals surface area contributed by atoms with Crippen LogP contribution in [0.1, 0.15) is 125 Å². The van der Waals surface area contributed by atoms with Gasteiger partial charge in [-0.1, -0.05) is 125 Å². The zero-order valence-corrected chi connectivity index (χ0v) is 33.8. The van der Waals surface area contributed by atoms with Gasteiger partial charge >= 0.3 is 37.3 Å². The predicted molar refractivity (Wildman–Crippen MR) is 176 cm³/mol. The number of allylic oxidation sites excluding steroid dienone is 6. The summed E-state index contributed by atoms with van der Waals surface area (Å²) in [5.41, 5.74) is -2.74. The molecule has 9 heteroatoms. The SMILES string of the molecule is CC(C)(C)C(=O)/C=C(\[O-])C(C)(C)C.CC(C)(C)C(=O)/C=C(\[O-])C(C)(C)C.CC(C)(C)C(=O)/C=C(\[O-])C(C)(C)C.CN(C)C=O.[Er+3]. The fourth-order valence-corrected chi connectivity index (χ4v) is 1.66. The van der Waals surface area contributed by atoms with Gasteiger partial charge in [-0.2, -0.15) is 0 Å². The molecule has 0 aromatic rings. The molecular formula is C36H64ErNO7. The van der Waals surface area contributed by atoms with Gasteiger partial charge in [-0.25, -0.2) is 0 Å². The Bertz CT molecular complexity index is 901. The second-order valence-corrected chi connectivity index (χ2v) is 17.2. The van der Waals surface area contributed by atoms with Gasteiger partial charge in [0.25, 0.3) is 0 Å². The third-order valence-electron chi connectivity index (χ3n) is 5.43. The van der Waals surface area contributed by atoms with Crippen molar-refractivity contribution in [2.45, 2.75) is 125 Å². The van der Waals surface area contributed by atoms with Crippen molar-refractivity contribution >= 4 is 23.8 Å². The van der Waals surface area contributed by atoms with Gasteiger partial charge in [0.15, 0.2) is 17.3 Å². The molecule has 0 fully saturated rings. The van der Waals surface area contributed by atoms with Crippen molar-refractivity contribution in [3.8, 4) is 0 Å². The summed E-state index contributed by atoms with van der Waals surface area (Å²) >= 11 is 0. The molecule has 0 unspecified atom stereocenters. The summed E-state index contributed by atoms with van der Waals surface area (Å²) in [6, 6.07) is 0. The Hall–Kier alpha value is -1.65. The molecule has 0 aromatic heterocycles. The summed E-state index contributed by atoms with van der Waals surface area (Å²) in [4.78, 5) is 45.2. The molecule has 0 aliphatic heterocycles. The van der Waals surface area contributed by atoms with Crippen LogP contribution in [0.4, 0.5) is 0 Å². The summed E-state index contributed by atoms with van der Waals surface area (Å²) in [6.45, 7) is 32.5. The topological polar surface area (TPSA) is 141 Å². The van der Waals surface area contributed by atoms with E-state index in [4.69, 9.17) is 0 Å². The van der Waals surface area contributed by atoms with Crippen LogP contribution in [0.5, 0.6) is 0 Å². The van der Waals surface area contributed by atoms with Crippen molar-refractivity contribution in [3.05, 3.63) is 35.5 Å². The zero-order chi connectivity index (χ0) is 36.9. The van der Waals surface area contributed by atoms with Crippen LogP contribution in [0.25, 0.3) is 0 Å². The summed E-state index contributed by atoms with van der Waals surface area (Å²) in [5, 5.41) is 34.3. The van der Waals surface area contributed by atoms with Crippen LogP contribution in [0.2, 0.25) is 0 Å². The van der Waals surface area contributed by atoms with Crippen LogP contribution in [-0.4, -0.2) is 42.8 Å². The minimum atomic E-state index is -0.457. The molecule has 0 spiro atoms. The van der Waals surface area contributed by atoms with Crippen LogP contribution in [0.15, 0.2) is 35.5 Å². The average molecular weight is 790 g/mol. The number of hydrogen-bond donors (Lipinski definition) is 0. The standard InChI is InChI=1S/3C11H20O2.C3H7NO.Er/c3*1-10(2,3)8(12)7-9(13)11(4,5)6;1-4(2)3-5;/h3*7,12H,1-6H3;3H,1-2H3;/q;;;;+3/p-3/b3*8-7-;;. The molecule has 0 aliphatic rings. The third-order valence-corrected chi connectivity index (χ3v) is 5.43. The third kappa shape index (κ3) is 29.5. The molecule has 45 heavy (non-hydrogen) atoms. The van der Waals surface area contributed by atoms with Crippen LogP contribution >= 0.6 is 0 Å². The summed E-state index contributed by atoms with van der Waals surface area (Å²) < 4.78 is 0. The van der Waals surface area contributed by atoms with E-state index >= 15 is 0 Å². The van der Waals surface area contributed by atoms with Gasteiger partial charge in [-0.05, 0) is 34.5 Å². The second-order valence-electron chi connectivity index (χ2n) is 17.2. The fraction of sp³-hybridized carbons (Fsp3) is 0.722. The molecule has 0 heterocycles. The molecule has 267 valence electrons. The van der Waals surface area contributed by atoms with Gasteiger partial charge in [0.2, 0.25) is 6.41 Å². The van der Waals surface area contributed by atoms with Gasteiger partial charge in [0, 0.05) is 30.3 Å². The Kier molecular flexibility index (Phi) is 24.1. The van der Waals surface area contributed by atoms with Crippen LogP contribution in [0, 0.1) is 69.8 Å². The van der Waals surface area contributed by atoms with E-state index in [9.17, 15) is 34.5 Å². The molecular weight excluding hydrogens is 726 g/mol. The Morgan fingerprint density at radius 2 is 0.556 bits per heavy atom. The molecule has 0 aliphatic carbocycles. The minimum absolute atomic E-state index is 0. The van der Waals surface area contributed by atoms with E-state index in [1.165, 1.54) is 23.1 Å². The van der Waals surface area contributed by atoms with Crippen molar-refractivity contribution in [2.75, 3.05) is 14.1 Å². The number of carbonyl (C=O) groups excluding carboxylic acids is 4. The molecule has 0 aromatic carbocycles. The van der Waals surface area contributed by atoms with E-state index in [1.54, 1.807) is 14.1 Å². The van der Waals surface area contributed by atoms with Crippen LogP contribution in [-0.2, 0) is 19.2 Å². The quantitative estimate of drug-likeness (QED) is 0.212. The molecule has 0 saturated carbocycles. The minimum Gasteiger partial charge on any atom is -0.875 e. The number of rotatable bonds is 4. The van der Waals surface area contributed by atoms with Crippen LogP contribution in [0.3, 0.4) is 0 Å². The molecule has 0 N–H and O–H groups in total. The summed E-state index contributed by atoms with van der Waals surface area (Å²) in [6.07, 6.45) is 4.42. The first-order valence-corrected chi connectivity index (χ1v) is 14.8. The van der Waals surface area contributed by atoms with E-state index in [-0.39, 0.29) is 71.9 Å². The number of nitrogens with zero attached hydrogens (tertiary/aromatic N) is 1. The van der Waals surface area contributed by atoms with Crippen molar-refractivity contribution in [3.63, 3.8) is 0 Å². The van der Waals surface area contributed by atoms with Gasteiger partial charge in [-0.15, -0.1) is 17.3 Å². The Balaban J connectivity index is -0.000000163. The van der Waals surface area contributed by atoms with E-state index < -0.39 is 32.5 Å². The smallest absolute Gasteiger partial charge is 0.875 e. The molecule has 1 radical (unpaired) electrons. The average Bonchev–Trinajstić information content (AvgIpc) is 2.76. The van der Waals surface area contributed by atoms with Crippen LogP contribution < -0.4 is 15.3 Å². The van der Waals surface area contributed by atoms with Crippen molar-refractivity contribution < 1.29 is 71.8 Å². The van der Waals surface area contributed by atoms with Gasteiger partial charge < -0.3 is 20.2 Å². The molecule has 0 atom stereocenters. The van der Waals surface area contributed by atoms with E-state index in [0.717, 1.165) is 6.41 Å². The Morgan fingerprint density at radius 1 is 0.422 bits per heavy atom. The largest absolute Gasteiger partial charge is 3.00 e. The maximum Gasteiger partial charge on any atom is 3.00 e. The molecule has 0 saturated heterocycles. The number of hydrogen-bond acceptors (Lipinski definition) is 7.